The van der Waals surface area contributed by atoms with Gasteiger partial charge in [-0.1, -0.05) is 18.1 Å². The van der Waals surface area contributed by atoms with E-state index in [0.29, 0.717) is 24.8 Å². The second-order valence-corrected chi connectivity index (χ2v) is 8.00. The summed E-state index contributed by atoms with van der Waals surface area (Å²) in [5.41, 5.74) is 0. The minimum absolute atomic E-state index is 0.279. The normalized spacial score (nSPS) is 25.5. The van der Waals surface area contributed by atoms with Crippen molar-refractivity contribution in [3.05, 3.63) is 12.4 Å². The molecule has 1 saturated heterocycles. The second-order valence-electron chi connectivity index (χ2n) is 5.91. The lowest BCUT2D eigenvalue weighted by molar-refractivity contribution is 0.385. The van der Waals surface area contributed by atoms with E-state index in [-0.39, 0.29) is 6.04 Å². The molecule has 0 bridgehead atoms. The maximum absolute atomic E-state index is 12.4. The van der Waals surface area contributed by atoms with Crippen LogP contribution in [-0.4, -0.2) is 46.6 Å². The van der Waals surface area contributed by atoms with Crippen LogP contribution in [0.15, 0.2) is 12.4 Å². The van der Waals surface area contributed by atoms with Crippen molar-refractivity contribution in [2.45, 2.75) is 44.6 Å². The van der Waals surface area contributed by atoms with Crippen molar-refractivity contribution < 1.29 is 8.42 Å². The average molecular weight is 298 g/mol. The summed E-state index contributed by atoms with van der Waals surface area (Å²) in [6, 6.07) is 0.279. The van der Waals surface area contributed by atoms with E-state index in [0.717, 1.165) is 25.7 Å². The van der Waals surface area contributed by atoms with Crippen LogP contribution in [0.1, 0.15) is 44.6 Å². The fourth-order valence-corrected chi connectivity index (χ4v) is 4.54. The molecule has 2 heterocycles. The molecule has 2 fully saturated rings. The van der Waals surface area contributed by atoms with Crippen molar-refractivity contribution in [1.82, 2.24) is 19.3 Å². The summed E-state index contributed by atoms with van der Waals surface area (Å²) in [5.74, 6) is 0.991. The van der Waals surface area contributed by atoms with Crippen molar-refractivity contribution in [1.29, 1.82) is 0 Å². The van der Waals surface area contributed by atoms with E-state index in [1.165, 1.54) is 12.8 Å². The molecule has 0 radical (unpaired) electrons. The summed E-state index contributed by atoms with van der Waals surface area (Å²) in [5, 5.41) is 7.87. The zero-order valence-corrected chi connectivity index (χ0v) is 12.5. The molecule has 1 aliphatic heterocycles. The average Bonchev–Trinajstić information content (AvgIpc) is 3.17. The van der Waals surface area contributed by atoms with Crippen LogP contribution < -0.4 is 0 Å². The molecule has 0 amide bonds. The van der Waals surface area contributed by atoms with E-state index < -0.39 is 10.0 Å². The van der Waals surface area contributed by atoms with Crippen molar-refractivity contribution in [2.24, 2.45) is 5.92 Å². The quantitative estimate of drug-likeness (QED) is 0.825. The molecule has 1 saturated carbocycles. The lowest BCUT2D eigenvalue weighted by Gasteiger charge is -2.20. The van der Waals surface area contributed by atoms with Gasteiger partial charge in [0.1, 0.15) is 0 Å². The van der Waals surface area contributed by atoms with E-state index in [1.54, 1.807) is 10.5 Å². The highest BCUT2D eigenvalue weighted by Crippen LogP contribution is 2.33. The SMILES string of the molecule is O=S(=O)(CCC1CC1)N1CCCC(n2ccnn2)CC1. The molecule has 0 spiro atoms. The Morgan fingerprint density at radius 3 is 2.70 bits per heavy atom. The first-order valence-corrected chi connectivity index (χ1v) is 9.10. The van der Waals surface area contributed by atoms with E-state index in [2.05, 4.69) is 10.3 Å². The van der Waals surface area contributed by atoms with Crippen LogP contribution in [0.3, 0.4) is 0 Å². The van der Waals surface area contributed by atoms with Crippen molar-refractivity contribution in [3.8, 4) is 0 Å². The van der Waals surface area contributed by atoms with Gasteiger partial charge in [-0.15, -0.1) is 5.10 Å². The molecule has 1 aromatic rings. The topological polar surface area (TPSA) is 68.1 Å². The van der Waals surface area contributed by atoms with Gasteiger partial charge < -0.3 is 0 Å². The molecule has 0 aromatic carbocycles. The Hall–Kier alpha value is -0.950. The van der Waals surface area contributed by atoms with Crippen LogP contribution in [0.2, 0.25) is 0 Å². The fourth-order valence-electron chi connectivity index (χ4n) is 2.86. The van der Waals surface area contributed by atoms with Crippen LogP contribution >= 0.6 is 0 Å². The molecule has 1 aliphatic carbocycles. The number of nitrogens with zero attached hydrogens (tertiary/aromatic N) is 4. The maximum atomic E-state index is 12.4. The number of hydrogen-bond donors (Lipinski definition) is 0. The third-order valence-corrected chi connectivity index (χ3v) is 6.25. The van der Waals surface area contributed by atoms with Crippen molar-refractivity contribution in [2.75, 3.05) is 18.8 Å². The van der Waals surface area contributed by atoms with Crippen LogP contribution in [0, 0.1) is 5.92 Å². The standard InChI is InChI=1S/C13H22N4O2S/c18-20(19,11-6-12-3-4-12)16-8-1-2-13(5-9-16)17-10-7-14-15-17/h7,10,12-13H,1-6,8-9,11H2. The first kappa shape index (κ1) is 14.0. The molecule has 7 heteroatoms. The summed E-state index contributed by atoms with van der Waals surface area (Å²) < 4.78 is 28.3. The van der Waals surface area contributed by atoms with E-state index >= 15 is 0 Å². The van der Waals surface area contributed by atoms with Gasteiger partial charge >= 0.3 is 0 Å². The molecule has 20 heavy (non-hydrogen) atoms. The summed E-state index contributed by atoms with van der Waals surface area (Å²) in [4.78, 5) is 0. The number of hydrogen-bond acceptors (Lipinski definition) is 4. The Kier molecular flexibility index (Phi) is 4.07. The summed E-state index contributed by atoms with van der Waals surface area (Å²) in [6.07, 6.45) is 9.49. The largest absolute Gasteiger partial charge is 0.249 e. The zero-order chi connectivity index (χ0) is 14.0. The number of rotatable bonds is 5. The highest BCUT2D eigenvalue weighted by Gasteiger charge is 2.29. The third-order valence-electron chi connectivity index (χ3n) is 4.35. The Morgan fingerprint density at radius 1 is 1.15 bits per heavy atom. The molecule has 112 valence electrons. The molecule has 1 atom stereocenters. The third kappa shape index (κ3) is 3.38. The van der Waals surface area contributed by atoms with Gasteiger partial charge in [0.15, 0.2) is 0 Å². The summed E-state index contributed by atoms with van der Waals surface area (Å²) >= 11 is 0. The Morgan fingerprint density at radius 2 is 2.00 bits per heavy atom. The Labute approximate surface area is 120 Å². The first-order valence-electron chi connectivity index (χ1n) is 7.49. The zero-order valence-electron chi connectivity index (χ0n) is 11.7. The van der Waals surface area contributed by atoms with E-state index in [4.69, 9.17) is 0 Å². The van der Waals surface area contributed by atoms with Gasteiger partial charge in [-0.2, -0.15) is 0 Å². The van der Waals surface area contributed by atoms with Gasteiger partial charge in [0.25, 0.3) is 0 Å². The molecule has 1 aromatic heterocycles. The maximum Gasteiger partial charge on any atom is 0.214 e. The number of sulfonamides is 1. The molecule has 6 nitrogen and oxygen atoms in total. The smallest absolute Gasteiger partial charge is 0.214 e. The highest BCUT2D eigenvalue weighted by atomic mass is 32.2. The fraction of sp³-hybridized carbons (Fsp3) is 0.846. The van der Waals surface area contributed by atoms with Gasteiger partial charge in [0, 0.05) is 19.3 Å². The molecule has 3 rings (SSSR count). The summed E-state index contributed by atoms with van der Waals surface area (Å²) in [7, 11) is -3.07. The van der Waals surface area contributed by atoms with Crippen molar-refractivity contribution >= 4 is 10.0 Å². The lowest BCUT2D eigenvalue weighted by atomic mass is 10.1. The van der Waals surface area contributed by atoms with Gasteiger partial charge in [-0.05, 0) is 31.6 Å². The van der Waals surface area contributed by atoms with Crippen LogP contribution in [0.4, 0.5) is 0 Å². The highest BCUT2D eigenvalue weighted by molar-refractivity contribution is 7.89. The lowest BCUT2D eigenvalue weighted by Crippen LogP contribution is -2.34. The molecular formula is C13H22N4O2S. The number of aromatic nitrogens is 3. The molecular weight excluding hydrogens is 276 g/mol. The van der Waals surface area contributed by atoms with Gasteiger partial charge in [0.05, 0.1) is 18.0 Å². The predicted octanol–water partition coefficient (Wildman–Crippen LogP) is 1.44. The van der Waals surface area contributed by atoms with Crippen LogP contribution in [0.25, 0.3) is 0 Å². The monoisotopic (exact) mass is 298 g/mol. The van der Waals surface area contributed by atoms with Gasteiger partial charge in [-0.25, -0.2) is 17.4 Å². The van der Waals surface area contributed by atoms with E-state index in [9.17, 15) is 8.42 Å². The summed E-state index contributed by atoms with van der Waals surface area (Å²) in [6.45, 7) is 1.26. The van der Waals surface area contributed by atoms with Crippen LogP contribution in [0.5, 0.6) is 0 Å². The van der Waals surface area contributed by atoms with Crippen LogP contribution in [-0.2, 0) is 10.0 Å². The predicted molar refractivity (Wildman–Crippen MR) is 75.6 cm³/mol. The Balaban J connectivity index is 1.58. The van der Waals surface area contributed by atoms with Crippen molar-refractivity contribution in [3.63, 3.8) is 0 Å². The van der Waals surface area contributed by atoms with Gasteiger partial charge in [-0.3, -0.25) is 0 Å². The molecule has 2 aliphatic rings. The molecule has 0 N–H and O–H groups in total. The first-order chi connectivity index (χ1) is 9.65. The minimum Gasteiger partial charge on any atom is -0.249 e. The van der Waals surface area contributed by atoms with Gasteiger partial charge in [0.2, 0.25) is 10.0 Å². The minimum atomic E-state index is -3.07. The van der Waals surface area contributed by atoms with E-state index in [1.807, 2.05) is 10.9 Å². The second kappa shape index (κ2) is 5.81. The Bertz CT molecular complexity index is 525. The molecule has 1 unspecified atom stereocenters.